The van der Waals surface area contributed by atoms with E-state index in [1.54, 1.807) is 13.0 Å². The largest absolute Gasteiger partial charge is 0.513 e. The Morgan fingerprint density at radius 2 is 1.27 bits per heavy atom. The van der Waals surface area contributed by atoms with E-state index < -0.39 is 30.4 Å². The molecule has 232 valence electrons. The Morgan fingerprint density at radius 3 is 1.76 bits per heavy atom. The fraction of sp³-hybridized carbons (Fsp3) is 0.667. The summed E-state index contributed by atoms with van der Waals surface area (Å²) in [5, 5.41) is 0. The zero-order valence-electron chi connectivity index (χ0n) is 26.1. The quantitative estimate of drug-likeness (QED) is 0.198. The smallest absolute Gasteiger partial charge is 0.461 e. The minimum absolute atomic E-state index is 0.0131. The normalized spacial score (nSPS) is 13.4. The molecular formula is C30H47NO10. The summed E-state index contributed by atoms with van der Waals surface area (Å²) in [6.07, 6.45) is -2.37. The molecule has 1 aromatic carbocycles. The summed E-state index contributed by atoms with van der Waals surface area (Å²) in [6.45, 7) is 18.8. The van der Waals surface area contributed by atoms with Crippen LogP contribution in [0.15, 0.2) is 18.2 Å². The number of esters is 2. The van der Waals surface area contributed by atoms with Gasteiger partial charge in [0.1, 0.15) is 18.8 Å². The van der Waals surface area contributed by atoms with Crippen molar-refractivity contribution in [3.05, 3.63) is 23.8 Å². The van der Waals surface area contributed by atoms with Crippen molar-refractivity contribution in [1.82, 2.24) is 0 Å². The number of benzene rings is 1. The standard InChI is InChI=1S/C30H47NO10/c1-19(39-24(32)15-28(2,3)4)16-36-25(33)21(31)13-20-11-12-22(40-26(34)37-17-29(5,6)7)23(14-20)41-27(35)38-18-30(8,9)10/h11-12,14,19,21H,13,15-18,31H2,1-10H3/t19-,21-/m0/s1. The van der Waals surface area contributed by atoms with E-state index in [1.165, 1.54) is 12.1 Å². The first-order chi connectivity index (χ1) is 18.6. The van der Waals surface area contributed by atoms with Gasteiger partial charge in [0.25, 0.3) is 0 Å². The summed E-state index contributed by atoms with van der Waals surface area (Å²) in [6, 6.07) is 3.30. The first kappa shape index (κ1) is 35.7. The van der Waals surface area contributed by atoms with Crippen LogP contribution in [0.5, 0.6) is 11.5 Å². The van der Waals surface area contributed by atoms with Gasteiger partial charge in [0.2, 0.25) is 0 Å². The van der Waals surface area contributed by atoms with Gasteiger partial charge in [-0.25, -0.2) is 9.59 Å². The van der Waals surface area contributed by atoms with E-state index >= 15 is 0 Å². The van der Waals surface area contributed by atoms with Crippen molar-refractivity contribution < 1.29 is 47.6 Å². The molecule has 0 aliphatic carbocycles. The van der Waals surface area contributed by atoms with Crippen molar-refractivity contribution in [2.24, 2.45) is 22.0 Å². The molecule has 0 radical (unpaired) electrons. The Balaban J connectivity index is 2.90. The van der Waals surface area contributed by atoms with Crippen molar-refractivity contribution in [2.75, 3.05) is 19.8 Å². The lowest BCUT2D eigenvalue weighted by atomic mass is 9.92. The van der Waals surface area contributed by atoms with Crippen LogP contribution < -0.4 is 15.2 Å². The van der Waals surface area contributed by atoms with Gasteiger partial charge in [-0.3, -0.25) is 9.59 Å². The summed E-state index contributed by atoms with van der Waals surface area (Å²) in [5.41, 5.74) is 5.73. The lowest BCUT2D eigenvalue weighted by Gasteiger charge is -2.20. The second-order valence-electron chi connectivity index (χ2n) is 13.7. The molecule has 0 saturated heterocycles. The molecular weight excluding hydrogens is 534 g/mol. The molecule has 2 atom stereocenters. The molecule has 0 aromatic heterocycles. The zero-order chi connectivity index (χ0) is 31.6. The van der Waals surface area contributed by atoms with Gasteiger partial charge in [-0.1, -0.05) is 68.4 Å². The van der Waals surface area contributed by atoms with Gasteiger partial charge in [-0.15, -0.1) is 0 Å². The lowest BCUT2D eigenvalue weighted by molar-refractivity contribution is -0.160. The predicted octanol–water partition coefficient (Wildman–Crippen LogP) is 5.59. The molecule has 11 nitrogen and oxygen atoms in total. The van der Waals surface area contributed by atoms with Crippen molar-refractivity contribution in [1.29, 1.82) is 0 Å². The van der Waals surface area contributed by atoms with Crippen molar-refractivity contribution >= 4 is 24.2 Å². The Hall–Kier alpha value is -3.34. The summed E-state index contributed by atoms with van der Waals surface area (Å²) < 4.78 is 31.4. The van der Waals surface area contributed by atoms with Gasteiger partial charge in [0, 0.05) is 0 Å². The van der Waals surface area contributed by atoms with Gasteiger partial charge in [-0.2, -0.15) is 0 Å². The number of carbonyl (C=O) groups is 4. The fourth-order valence-corrected chi connectivity index (χ4v) is 3.01. The maximum atomic E-state index is 12.5. The highest BCUT2D eigenvalue weighted by Crippen LogP contribution is 2.30. The maximum absolute atomic E-state index is 12.5. The van der Waals surface area contributed by atoms with Crippen LogP contribution in [-0.4, -0.2) is 56.2 Å². The molecule has 1 rings (SSSR count). The number of hydrogen-bond acceptors (Lipinski definition) is 11. The Bertz CT molecular complexity index is 1050. The van der Waals surface area contributed by atoms with Crippen LogP contribution in [0.3, 0.4) is 0 Å². The molecule has 0 amide bonds. The molecule has 41 heavy (non-hydrogen) atoms. The molecule has 0 spiro atoms. The minimum Gasteiger partial charge on any atom is -0.461 e. The number of hydrogen-bond donors (Lipinski definition) is 1. The van der Waals surface area contributed by atoms with Gasteiger partial charge in [0.15, 0.2) is 11.5 Å². The summed E-state index contributed by atoms with van der Waals surface area (Å²) >= 11 is 0. The first-order valence-corrected chi connectivity index (χ1v) is 13.6. The van der Waals surface area contributed by atoms with Gasteiger partial charge in [-0.05, 0) is 47.3 Å². The zero-order valence-corrected chi connectivity index (χ0v) is 26.1. The van der Waals surface area contributed by atoms with E-state index in [9.17, 15) is 19.2 Å². The third-order valence-electron chi connectivity index (χ3n) is 4.87. The van der Waals surface area contributed by atoms with E-state index in [-0.39, 0.29) is 66.4 Å². The highest BCUT2D eigenvalue weighted by Gasteiger charge is 2.24. The van der Waals surface area contributed by atoms with Crippen LogP contribution in [0.4, 0.5) is 9.59 Å². The van der Waals surface area contributed by atoms with Gasteiger partial charge >= 0.3 is 24.2 Å². The summed E-state index contributed by atoms with van der Waals surface area (Å²) in [4.78, 5) is 49.1. The van der Waals surface area contributed by atoms with E-state index in [2.05, 4.69) is 0 Å². The molecule has 0 aliphatic heterocycles. The third kappa shape index (κ3) is 16.5. The van der Waals surface area contributed by atoms with Crippen LogP contribution in [0.25, 0.3) is 0 Å². The Morgan fingerprint density at radius 1 is 0.756 bits per heavy atom. The molecule has 0 saturated carbocycles. The van der Waals surface area contributed by atoms with Gasteiger partial charge < -0.3 is 34.2 Å². The minimum atomic E-state index is -1.07. The topological polar surface area (TPSA) is 150 Å². The molecule has 2 N–H and O–H groups in total. The fourth-order valence-electron chi connectivity index (χ4n) is 3.01. The van der Waals surface area contributed by atoms with Gasteiger partial charge in [0.05, 0.1) is 19.6 Å². The lowest BCUT2D eigenvalue weighted by Crippen LogP contribution is -2.36. The second kappa shape index (κ2) is 15.0. The number of rotatable bonds is 11. The molecule has 0 bridgehead atoms. The number of ether oxygens (including phenoxy) is 6. The highest BCUT2D eigenvalue weighted by atomic mass is 16.7. The van der Waals surface area contributed by atoms with Crippen LogP contribution in [0.1, 0.15) is 81.2 Å². The maximum Gasteiger partial charge on any atom is 0.513 e. The average Bonchev–Trinajstić information content (AvgIpc) is 2.79. The van der Waals surface area contributed by atoms with Crippen molar-refractivity contribution in [3.63, 3.8) is 0 Å². The third-order valence-corrected chi connectivity index (χ3v) is 4.87. The number of nitrogens with two attached hydrogens (primary N) is 1. The first-order valence-electron chi connectivity index (χ1n) is 13.6. The van der Waals surface area contributed by atoms with Crippen molar-refractivity contribution in [3.8, 4) is 11.5 Å². The van der Waals surface area contributed by atoms with Crippen LogP contribution >= 0.6 is 0 Å². The molecule has 0 fully saturated rings. The summed E-state index contributed by atoms with van der Waals surface area (Å²) in [7, 11) is 0. The predicted molar refractivity (Wildman–Crippen MR) is 152 cm³/mol. The van der Waals surface area contributed by atoms with E-state index in [1.807, 2.05) is 62.3 Å². The van der Waals surface area contributed by atoms with E-state index in [0.717, 1.165) is 0 Å². The molecule has 11 heteroatoms. The summed E-state index contributed by atoms with van der Waals surface area (Å²) in [5.74, 6) is -1.29. The average molecular weight is 582 g/mol. The highest BCUT2D eigenvalue weighted by molar-refractivity contribution is 5.76. The molecule has 0 aliphatic rings. The Labute approximate surface area is 243 Å². The van der Waals surface area contributed by atoms with Crippen LogP contribution in [0.2, 0.25) is 0 Å². The molecule has 0 unspecified atom stereocenters. The van der Waals surface area contributed by atoms with E-state index in [4.69, 9.17) is 34.2 Å². The molecule has 1 aromatic rings. The second-order valence-corrected chi connectivity index (χ2v) is 13.7. The molecule has 0 heterocycles. The Kier molecular flexibility index (Phi) is 13.1. The SMILES string of the molecule is C[C@@H](COC(=O)[C@@H](N)Cc1ccc(OC(=O)OCC(C)(C)C)c(OC(=O)OCC(C)(C)C)c1)OC(=O)CC(C)(C)C. The van der Waals surface area contributed by atoms with Crippen LogP contribution in [0, 0.1) is 16.2 Å². The number of carbonyl (C=O) groups excluding carboxylic acids is 4. The van der Waals surface area contributed by atoms with E-state index in [0.29, 0.717) is 5.56 Å². The van der Waals surface area contributed by atoms with Crippen molar-refractivity contribution in [2.45, 2.75) is 94.2 Å². The monoisotopic (exact) mass is 581 g/mol. The van der Waals surface area contributed by atoms with Crippen LogP contribution in [-0.2, 0) is 35.0 Å².